The van der Waals surface area contributed by atoms with Crippen molar-refractivity contribution in [3.8, 4) is 0 Å². The maximum absolute atomic E-state index is 6.13. The minimum absolute atomic E-state index is 0.0998. The molecule has 0 aliphatic heterocycles. The number of nitrogen functional groups attached to an aromatic ring is 1. The average molecular weight is 220 g/mol. The van der Waals surface area contributed by atoms with Gasteiger partial charge in [0.2, 0.25) is 0 Å². The monoisotopic (exact) mass is 220 g/mol. The van der Waals surface area contributed by atoms with E-state index in [1.54, 1.807) is 0 Å². The summed E-state index contributed by atoms with van der Waals surface area (Å²) in [5.41, 5.74) is 13.9. The third-order valence-electron chi connectivity index (χ3n) is 3.01. The number of anilines is 1. The Hall–Kier alpha value is -1.02. The molecule has 1 unspecified atom stereocenters. The first-order chi connectivity index (χ1) is 7.75. The molecule has 0 saturated carbocycles. The van der Waals surface area contributed by atoms with E-state index >= 15 is 0 Å². The van der Waals surface area contributed by atoms with Crippen molar-refractivity contribution in [3.05, 3.63) is 29.8 Å². The van der Waals surface area contributed by atoms with Crippen LogP contribution < -0.4 is 11.5 Å². The lowest BCUT2D eigenvalue weighted by Crippen LogP contribution is -2.12. The van der Waals surface area contributed by atoms with E-state index in [0.717, 1.165) is 17.7 Å². The van der Waals surface area contributed by atoms with Gasteiger partial charge < -0.3 is 11.5 Å². The van der Waals surface area contributed by atoms with Gasteiger partial charge >= 0.3 is 0 Å². The number of para-hydroxylation sites is 1. The summed E-state index contributed by atoms with van der Waals surface area (Å²) in [4.78, 5) is 0. The fourth-order valence-corrected chi connectivity index (χ4v) is 1.97. The second-order valence-corrected chi connectivity index (χ2v) is 4.44. The Labute approximate surface area is 99.0 Å². The maximum Gasteiger partial charge on any atom is 0.0362 e. The molecule has 1 rings (SSSR count). The minimum atomic E-state index is 0.0998. The Balaban J connectivity index is 2.30. The smallest absolute Gasteiger partial charge is 0.0362 e. The quantitative estimate of drug-likeness (QED) is 0.544. The topological polar surface area (TPSA) is 52.0 Å². The van der Waals surface area contributed by atoms with E-state index in [0.29, 0.717) is 0 Å². The molecule has 1 atom stereocenters. The van der Waals surface area contributed by atoms with Crippen LogP contribution in [0.3, 0.4) is 0 Å². The fourth-order valence-electron chi connectivity index (χ4n) is 1.97. The molecule has 4 N–H and O–H groups in total. The second kappa shape index (κ2) is 7.29. The largest absolute Gasteiger partial charge is 0.398 e. The Morgan fingerprint density at radius 2 is 1.75 bits per heavy atom. The van der Waals surface area contributed by atoms with Gasteiger partial charge in [-0.15, -0.1) is 0 Å². The van der Waals surface area contributed by atoms with Crippen molar-refractivity contribution in [1.29, 1.82) is 0 Å². The molecule has 2 nitrogen and oxygen atoms in total. The highest BCUT2D eigenvalue weighted by atomic mass is 14.7. The number of benzene rings is 1. The van der Waals surface area contributed by atoms with Gasteiger partial charge in [-0.25, -0.2) is 0 Å². The van der Waals surface area contributed by atoms with E-state index in [-0.39, 0.29) is 6.04 Å². The van der Waals surface area contributed by atoms with Crippen LogP contribution >= 0.6 is 0 Å². The molecule has 0 bridgehead atoms. The zero-order valence-corrected chi connectivity index (χ0v) is 10.3. The van der Waals surface area contributed by atoms with Crippen molar-refractivity contribution < 1.29 is 0 Å². The van der Waals surface area contributed by atoms with Crippen LogP contribution in [0.2, 0.25) is 0 Å². The van der Waals surface area contributed by atoms with Gasteiger partial charge in [-0.2, -0.15) is 0 Å². The van der Waals surface area contributed by atoms with Gasteiger partial charge in [0.25, 0.3) is 0 Å². The van der Waals surface area contributed by atoms with Gasteiger partial charge in [-0.1, -0.05) is 57.2 Å². The van der Waals surface area contributed by atoms with Crippen LogP contribution in [0, 0.1) is 0 Å². The first-order valence-electron chi connectivity index (χ1n) is 6.35. The molecular formula is C14H24N2. The number of rotatable bonds is 7. The van der Waals surface area contributed by atoms with Crippen LogP contribution in [0.4, 0.5) is 5.69 Å². The van der Waals surface area contributed by atoms with E-state index in [1.807, 2.05) is 24.3 Å². The van der Waals surface area contributed by atoms with Gasteiger partial charge in [-0.3, -0.25) is 0 Å². The summed E-state index contributed by atoms with van der Waals surface area (Å²) < 4.78 is 0. The third-order valence-corrected chi connectivity index (χ3v) is 3.01. The van der Waals surface area contributed by atoms with Crippen LogP contribution in [0.25, 0.3) is 0 Å². The molecule has 0 aliphatic rings. The molecular weight excluding hydrogens is 196 g/mol. The zero-order chi connectivity index (χ0) is 11.8. The highest BCUT2D eigenvalue weighted by molar-refractivity contribution is 5.47. The lowest BCUT2D eigenvalue weighted by atomic mass is 9.99. The molecule has 0 radical (unpaired) electrons. The van der Waals surface area contributed by atoms with Crippen molar-refractivity contribution in [2.45, 2.75) is 51.5 Å². The summed E-state index contributed by atoms with van der Waals surface area (Å²) in [7, 11) is 0. The number of hydrogen-bond donors (Lipinski definition) is 2. The number of unbranched alkanes of at least 4 members (excludes halogenated alkanes) is 4. The molecule has 90 valence electrons. The van der Waals surface area contributed by atoms with Crippen molar-refractivity contribution in [1.82, 2.24) is 0 Å². The number of hydrogen-bond acceptors (Lipinski definition) is 2. The molecule has 2 heteroatoms. The van der Waals surface area contributed by atoms with Crippen molar-refractivity contribution in [3.63, 3.8) is 0 Å². The predicted molar refractivity (Wildman–Crippen MR) is 71.2 cm³/mol. The highest BCUT2D eigenvalue weighted by Crippen LogP contribution is 2.22. The van der Waals surface area contributed by atoms with Crippen LogP contribution in [0.15, 0.2) is 24.3 Å². The summed E-state index contributed by atoms with van der Waals surface area (Å²) >= 11 is 0. The zero-order valence-electron chi connectivity index (χ0n) is 10.3. The van der Waals surface area contributed by atoms with Crippen LogP contribution in [0.5, 0.6) is 0 Å². The first kappa shape index (κ1) is 13.0. The molecule has 1 aromatic carbocycles. The van der Waals surface area contributed by atoms with Gasteiger partial charge in [0, 0.05) is 11.7 Å². The lowest BCUT2D eigenvalue weighted by molar-refractivity contribution is 0.556. The molecule has 0 amide bonds. The fraction of sp³-hybridized carbons (Fsp3) is 0.571. The molecule has 0 saturated heterocycles. The summed E-state index contributed by atoms with van der Waals surface area (Å²) in [5, 5.41) is 0. The third kappa shape index (κ3) is 4.23. The Morgan fingerprint density at radius 3 is 2.44 bits per heavy atom. The molecule has 0 heterocycles. The molecule has 1 aromatic rings. The molecule has 0 aliphatic carbocycles. The van der Waals surface area contributed by atoms with Gasteiger partial charge in [-0.05, 0) is 18.1 Å². The van der Waals surface area contributed by atoms with E-state index < -0.39 is 0 Å². The number of nitrogens with two attached hydrogens (primary N) is 2. The van der Waals surface area contributed by atoms with Crippen molar-refractivity contribution in [2.75, 3.05) is 5.73 Å². The second-order valence-electron chi connectivity index (χ2n) is 4.44. The summed E-state index contributed by atoms with van der Waals surface area (Å²) in [6.07, 6.45) is 7.48. The summed E-state index contributed by atoms with van der Waals surface area (Å²) in [6, 6.07) is 8.01. The van der Waals surface area contributed by atoms with Crippen LogP contribution in [-0.4, -0.2) is 0 Å². The van der Waals surface area contributed by atoms with Crippen LogP contribution in [-0.2, 0) is 0 Å². The van der Waals surface area contributed by atoms with E-state index in [1.165, 1.54) is 32.1 Å². The van der Waals surface area contributed by atoms with Gasteiger partial charge in [0.05, 0.1) is 0 Å². The molecule has 0 spiro atoms. The van der Waals surface area contributed by atoms with Crippen molar-refractivity contribution >= 4 is 5.69 Å². The Morgan fingerprint density at radius 1 is 1.06 bits per heavy atom. The maximum atomic E-state index is 6.13. The summed E-state index contributed by atoms with van der Waals surface area (Å²) in [6.45, 7) is 2.23. The normalized spacial score (nSPS) is 12.6. The molecule has 0 fully saturated rings. The molecule has 16 heavy (non-hydrogen) atoms. The standard InChI is InChI=1S/C14H24N2/c1-2-3-4-5-6-10-13(15)12-9-7-8-11-14(12)16/h7-9,11,13H,2-6,10,15-16H2,1H3. The Kier molecular flexibility index (Phi) is 5.94. The lowest BCUT2D eigenvalue weighted by Gasteiger charge is -2.14. The summed E-state index contributed by atoms with van der Waals surface area (Å²) in [5.74, 6) is 0. The van der Waals surface area contributed by atoms with E-state index in [9.17, 15) is 0 Å². The first-order valence-corrected chi connectivity index (χ1v) is 6.35. The molecule has 0 aromatic heterocycles. The van der Waals surface area contributed by atoms with E-state index in [2.05, 4.69) is 6.92 Å². The van der Waals surface area contributed by atoms with Gasteiger partial charge in [0.1, 0.15) is 0 Å². The minimum Gasteiger partial charge on any atom is -0.398 e. The van der Waals surface area contributed by atoms with Crippen LogP contribution in [0.1, 0.15) is 57.1 Å². The Bertz CT molecular complexity index is 297. The average Bonchev–Trinajstić information content (AvgIpc) is 2.29. The highest BCUT2D eigenvalue weighted by Gasteiger charge is 2.07. The SMILES string of the molecule is CCCCCCCC(N)c1ccccc1N. The van der Waals surface area contributed by atoms with E-state index in [4.69, 9.17) is 11.5 Å². The van der Waals surface area contributed by atoms with Crippen molar-refractivity contribution in [2.24, 2.45) is 5.73 Å². The predicted octanol–water partition coefficient (Wildman–Crippen LogP) is 3.63. The van der Waals surface area contributed by atoms with Gasteiger partial charge in [0.15, 0.2) is 0 Å².